The number of rotatable bonds is 4. The van der Waals surface area contributed by atoms with Gasteiger partial charge in [-0.2, -0.15) is 0 Å². The highest BCUT2D eigenvalue weighted by atomic mass is 19.1. The predicted molar refractivity (Wildman–Crippen MR) is 68.6 cm³/mol. The number of carbonyl (C=O) groups excluding carboxylic acids is 1. The highest BCUT2D eigenvalue weighted by molar-refractivity contribution is 5.79. The van der Waals surface area contributed by atoms with Gasteiger partial charge >= 0.3 is 0 Å². The average Bonchev–Trinajstić information content (AvgIpc) is 2.74. The van der Waals surface area contributed by atoms with Crippen LogP contribution in [0.15, 0.2) is 18.2 Å². The van der Waals surface area contributed by atoms with Gasteiger partial charge in [0.15, 0.2) is 0 Å². The summed E-state index contributed by atoms with van der Waals surface area (Å²) in [5.74, 6) is -0.852. The molecule has 2 rings (SSSR count). The van der Waals surface area contributed by atoms with Gasteiger partial charge in [0.05, 0.1) is 5.92 Å². The minimum atomic E-state index is -0.588. The molecule has 104 valence electrons. The van der Waals surface area contributed by atoms with Crippen LogP contribution in [-0.4, -0.2) is 25.5 Å². The van der Waals surface area contributed by atoms with E-state index < -0.39 is 11.6 Å². The molecule has 0 aliphatic carbocycles. The van der Waals surface area contributed by atoms with Gasteiger partial charge in [-0.05, 0) is 36.6 Å². The second-order valence-corrected chi connectivity index (χ2v) is 5.06. The van der Waals surface area contributed by atoms with Gasteiger partial charge in [0, 0.05) is 19.2 Å². The van der Waals surface area contributed by atoms with Gasteiger partial charge in [0.25, 0.3) is 0 Å². The third kappa shape index (κ3) is 3.73. The fraction of sp³-hybridized carbons (Fsp3) is 0.500. The minimum Gasteiger partial charge on any atom is -0.355 e. The number of nitrogens with one attached hydrogen (secondary N) is 2. The zero-order valence-corrected chi connectivity index (χ0v) is 10.9. The van der Waals surface area contributed by atoms with Gasteiger partial charge < -0.3 is 10.6 Å². The van der Waals surface area contributed by atoms with E-state index in [-0.39, 0.29) is 11.8 Å². The lowest BCUT2D eigenvalue weighted by Gasteiger charge is -2.14. The van der Waals surface area contributed by atoms with Gasteiger partial charge in [-0.15, -0.1) is 0 Å². The number of carbonyl (C=O) groups is 1. The van der Waals surface area contributed by atoms with Crippen LogP contribution in [0.3, 0.4) is 0 Å². The first kappa shape index (κ1) is 13.9. The summed E-state index contributed by atoms with van der Waals surface area (Å²) in [7, 11) is 0. The molecule has 19 heavy (non-hydrogen) atoms. The van der Waals surface area contributed by atoms with Crippen LogP contribution in [-0.2, 0) is 11.2 Å². The molecule has 0 saturated carbocycles. The minimum absolute atomic E-state index is 0.00868. The van der Waals surface area contributed by atoms with Gasteiger partial charge in [0.1, 0.15) is 11.6 Å². The molecular weight excluding hydrogens is 250 g/mol. The lowest BCUT2D eigenvalue weighted by Crippen LogP contribution is -2.35. The molecule has 1 aromatic rings. The monoisotopic (exact) mass is 268 g/mol. The summed E-state index contributed by atoms with van der Waals surface area (Å²) in [5.41, 5.74) is 0.551. The number of hydrogen-bond donors (Lipinski definition) is 2. The Balaban J connectivity index is 1.81. The number of halogens is 2. The van der Waals surface area contributed by atoms with Crippen molar-refractivity contribution in [2.24, 2.45) is 11.8 Å². The van der Waals surface area contributed by atoms with Crippen molar-refractivity contribution in [1.82, 2.24) is 10.6 Å². The number of benzene rings is 1. The fourth-order valence-electron chi connectivity index (χ4n) is 2.38. The Morgan fingerprint density at radius 3 is 2.58 bits per heavy atom. The zero-order valence-electron chi connectivity index (χ0n) is 10.9. The molecule has 1 aliphatic rings. The van der Waals surface area contributed by atoms with E-state index >= 15 is 0 Å². The maximum Gasteiger partial charge on any atom is 0.224 e. The van der Waals surface area contributed by atoms with E-state index in [0.717, 1.165) is 12.6 Å². The van der Waals surface area contributed by atoms with Crippen LogP contribution in [0.5, 0.6) is 0 Å². The lowest BCUT2D eigenvalue weighted by molar-refractivity contribution is -0.125. The molecule has 2 atom stereocenters. The van der Waals surface area contributed by atoms with Crippen LogP contribution in [0.25, 0.3) is 0 Å². The van der Waals surface area contributed by atoms with Crippen molar-refractivity contribution < 1.29 is 13.6 Å². The molecule has 0 aromatic heterocycles. The molecule has 5 heteroatoms. The quantitative estimate of drug-likeness (QED) is 0.868. The molecule has 2 unspecified atom stereocenters. The summed E-state index contributed by atoms with van der Waals surface area (Å²) in [6.45, 7) is 3.98. The molecule has 1 aromatic carbocycles. The molecule has 1 heterocycles. The molecule has 3 nitrogen and oxygen atoms in total. The van der Waals surface area contributed by atoms with Crippen LogP contribution in [0, 0.1) is 23.5 Å². The van der Waals surface area contributed by atoms with Crippen molar-refractivity contribution in [3.63, 3.8) is 0 Å². The SMILES string of the molecule is CC1CNCC1C(=O)NCCc1cc(F)cc(F)c1. The van der Waals surface area contributed by atoms with E-state index in [2.05, 4.69) is 10.6 Å². The summed E-state index contributed by atoms with van der Waals surface area (Å²) in [4.78, 5) is 11.9. The van der Waals surface area contributed by atoms with Crippen LogP contribution in [0.4, 0.5) is 8.78 Å². The smallest absolute Gasteiger partial charge is 0.224 e. The number of hydrogen-bond acceptors (Lipinski definition) is 2. The van der Waals surface area contributed by atoms with Gasteiger partial charge in [-0.1, -0.05) is 6.92 Å². The van der Waals surface area contributed by atoms with Crippen molar-refractivity contribution in [2.75, 3.05) is 19.6 Å². The highest BCUT2D eigenvalue weighted by Gasteiger charge is 2.28. The third-order valence-corrected chi connectivity index (χ3v) is 3.49. The van der Waals surface area contributed by atoms with Crippen LogP contribution < -0.4 is 10.6 Å². The molecule has 1 amide bonds. The first-order valence-corrected chi connectivity index (χ1v) is 6.49. The van der Waals surface area contributed by atoms with Gasteiger partial charge in [-0.25, -0.2) is 8.78 Å². The van der Waals surface area contributed by atoms with Gasteiger partial charge in [0.2, 0.25) is 5.91 Å². The largest absolute Gasteiger partial charge is 0.355 e. The molecule has 2 N–H and O–H groups in total. The Morgan fingerprint density at radius 1 is 1.32 bits per heavy atom. The second-order valence-electron chi connectivity index (χ2n) is 5.06. The van der Waals surface area contributed by atoms with E-state index in [0.29, 0.717) is 31.0 Å². The maximum atomic E-state index is 13.0. The van der Waals surface area contributed by atoms with E-state index in [4.69, 9.17) is 0 Å². The molecular formula is C14H18F2N2O. The van der Waals surface area contributed by atoms with Crippen molar-refractivity contribution in [3.05, 3.63) is 35.4 Å². The topological polar surface area (TPSA) is 41.1 Å². The Bertz CT molecular complexity index is 445. The van der Waals surface area contributed by atoms with Crippen LogP contribution in [0.2, 0.25) is 0 Å². The van der Waals surface area contributed by atoms with Crippen molar-refractivity contribution in [2.45, 2.75) is 13.3 Å². The summed E-state index contributed by atoms with van der Waals surface area (Å²) >= 11 is 0. The Labute approximate surface area is 111 Å². The molecule has 1 aliphatic heterocycles. The summed E-state index contributed by atoms with van der Waals surface area (Å²) < 4.78 is 26.0. The molecule has 0 radical (unpaired) electrons. The molecule has 0 bridgehead atoms. The molecule has 1 fully saturated rings. The summed E-state index contributed by atoms with van der Waals surface area (Å²) in [6, 6.07) is 3.41. The Hall–Kier alpha value is -1.49. The standard InChI is InChI=1S/C14H18F2N2O/c1-9-7-17-8-13(9)14(19)18-3-2-10-4-11(15)6-12(16)5-10/h4-6,9,13,17H,2-3,7-8H2,1H3,(H,18,19). The zero-order chi connectivity index (χ0) is 13.8. The van der Waals surface area contributed by atoms with Crippen molar-refractivity contribution in [1.29, 1.82) is 0 Å². The third-order valence-electron chi connectivity index (χ3n) is 3.49. The fourth-order valence-corrected chi connectivity index (χ4v) is 2.38. The number of amides is 1. The predicted octanol–water partition coefficient (Wildman–Crippen LogP) is 1.48. The summed E-state index contributed by atoms with van der Waals surface area (Å²) in [6.07, 6.45) is 0.426. The lowest BCUT2D eigenvalue weighted by atomic mass is 9.97. The summed E-state index contributed by atoms with van der Waals surface area (Å²) in [5, 5.41) is 5.98. The van der Waals surface area contributed by atoms with E-state index in [9.17, 15) is 13.6 Å². The normalized spacial score (nSPS) is 22.5. The Morgan fingerprint density at radius 2 is 2.00 bits per heavy atom. The van der Waals surface area contributed by atoms with E-state index in [1.807, 2.05) is 6.92 Å². The first-order valence-electron chi connectivity index (χ1n) is 6.49. The van der Waals surface area contributed by atoms with Crippen LogP contribution in [0.1, 0.15) is 12.5 Å². The van der Waals surface area contributed by atoms with E-state index in [1.54, 1.807) is 0 Å². The van der Waals surface area contributed by atoms with E-state index in [1.165, 1.54) is 12.1 Å². The highest BCUT2D eigenvalue weighted by Crippen LogP contribution is 2.15. The second kappa shape index (κ2) is 6.10. The van der Waals surface area contributed by atoms with Gasteiger partial charge in [-0.3, -0.25) is 4.79 Å². The maximum absolute atomic E-state index is 13.0. The molecule has 1 saturated heterocycles. The van der Waals surface area contributed by atoms with Crippen LogP contribution >= 0.6 is 0 Å². The average molecular weight is 268 g/mol. The van der Waals surface area contributed by atoms with Crippen molar-refractivity contribution >= 4 is 5.91 Å². The first-order chi connectivity index (χ1) is 9.06. The Kier molecular flexibility index (Phi) is 4.47. The molecule has 0 spiro atoms. The van der Waals surface area contributed by atoms with Crippen molar-refractivity contribution in [3.8, 4) is 0 Å².